The van der Waals surface area contributed by atoms with Crippen LogP contribution in [-0.2, 0) is 6.42 Å². The molecule has 1 unspecified atom stereocenters. The zero-order valence-electron chi connectivity index (χ0n) is 17.2. The molecule has 2 aromatic heterocycles. The lowest BCUT2D eigenvalue weighted by atomic mass is 9.97. The monoisotopic (exact) mass is 433 g/mol. The smallest absolute Gasteiger partial charge is 0.147 e. The molecule has 1 atom stereocenters. The van der Waals surface area contributed by atoms with Crippen molar-refractivity contribution in [1.29, 1.82) is 0 Å². The van der Waals surface area contributed by atoms with E-state index in [0.717, 1.165) is 55.6 Å². The van der Waals surface area contributed by atoms with E-state index in [4.69, 9.17) is 24.9 Å². The molecule has 2 N–H and O–H groups in total. The van der Waals surface area contributed by atoms with Crippen molar-refractivity contribution >= 4 is 21.6 Å². The van der Waals surface area contributed by atoms with Gasteiger partial charge in [-0.15, -0.1) is 11.3 Å². The Balaban J connectivity index is 1.53. The maximum absolute atomic E-state index is 6.03. The quantitative estimate of drug-likeness (QED) is 0.485. The van der Waals surface area contributed by atoms with Gasteiger partial charge in [0, 0.05) is 24.9 Å². The minimum Gasteiger partial charge on any atom is -0.497 e. The summed E-state index contributed by atoms with van der Waals surface area (Å²) in [4.78, 5) is 9.09. The maximum Gasteiger partial charge on any atom is 0.147 e. The number of ether oxygens (including phenoxy) is 3. The highest BCUT2D eigenvalue weighted by Crippen LogP contribution is 2.40. The number of aromatic nitrogens is 2. The molecule has 2 aromatic carbocycles. The number of rotatable bonds is 6. The average Bonchev–Trinajstić information content (AvgIpc) is 3.26. The zero-order valence-corrected chi connectivity index (χ0v) is 18.0. The Morgan fingerprint density at radius 1 is 1.13 bits per heavy atom. The van der Waals surface area contributed by atoms with Crippen LogP contribution < -0.4 is 19.9 Å². The van der Waals surface area contributed by atoms with Gasteiger partial charge in [0.05, 0.1) is 18.4 Å². The molecule has 0 amide bonds. The Labute approximate surface area is 184 Å². The standard InChI is InChI=1S/C24H23N3O3S/c1-28-19-2-3-20-17(11-19)10-18(14-30-20)24-27-23-21(29-9-6-25)12-16(13-22(23)31-24)15-4-7-26-8-5-15/h2-5,7-8,11-13,18H,6,9-10,14,25H2,1H3. The first-order chi connectivity index (χ1) is 15.2. The normalized spacial score (nSPS) is 15.4. The molecule has 1 aliphatic heterocycles. The molecule has 0 bridgehead atoms. The molecule has 0 aliphatic carbocycles. The van der Waals surface area contributed by atoms with Gasteiger partial charge in [0.25, 0.3) is 0 Å². The van der Waals surface area contributed by atoms with Gasteiger partial charge in [0.1, 0.15) is 34.4 Å². The van der Waals surface area contributed by atoms with Crippen LogP contribution in [0.1, 0.15) is 16.5 Å². The molecule has 0 saturated carbocycles. The van der Waals surface area contributed by atoms with Crippen LogP contribution in [0.25, 0.3) is 21.3 Å². The second-order valence-corrected chi connectivity index (χ2v) is 8.49. The van der Waals surface area contributed by atoms with Crippen LogP contribution in [0.3, 0.4) is 0 Å². The third-order valence-corrected chi connectivity index (χ3v) is 6.55. The van der Waals surface area contributed by atoms with Crippen LogP contribution >= 0.6 is 11.3 Å². The minimum absolute atomic E-state index is 0.184. The fourth-order valence-electron chi connectivity index (χ4n) is 3.84. The molecule has 0 fully saturated rings. The van der Waals surface area contributed by atoms with E-state index < -0.39 is 0 Å². The summed E-state index contributed by atoms with van der Waals surface area (Å²) in [5.74, 6) is 2.71. The van der Waals surface area contributed by atoms with Crippen LogP contribution in [0, 0.1) is 0 Å². The Morgan fingerprint density at radius 3 is 2.81 bits per heavy atom. The van der Waals surface area contributed by atoms with Gasteiger partial charge in [0.15, 0.2) is 0 Å². The number of benzene rings is 2. The molecule has 6 nitrogen and oxygen atoms in total. The van der Waals surface area contributed by atoms with Crippen molar-refractivity contribution in [1.82, 2.24) is 9.97 Å². The molecule has 7 heteroatoms. The number of hydrogen-bond acceptors (Lipinski definition) is 7. The van der Waals surface area contributed by atoms with Crippen molar-refractivity contribution in [2.45, 2.75) is 12.3 Å². The Kier molecular flexibility index (Phi) is 5.44. The lowest BCUT2D eigenvalue weighted by Crippen LogP contribution is -2.19. The number of fused-ring (bicyclic) bond motifs is 2. The van der Waals surface area contributed by atoms with Gasteiger partial charge in [-0.1, -0.05) is 0 Å². The van der Waals surface area contributed by atoms with E-state index in [9.17, 15) is 0 Å². The number of nitrogens with zero attached hydrogens (tertiary/aromatic N) is 2. The lowest BCUT2D eigenvalue weighted by molar-refractivity contribution is 0.261. The van der Waals surface area contributed by atoms with E-state index in [1.54, 1.807) is 30.8 Å². The first-order valence-electron chi connectivity index (χ1n) is 10.2. The predicted molar refractivity (Wildman–Crippen MR) is 122 cm³/mol. The highest BCUT2D eigenvalue weighted by Gasteiger charge is 2.25. The molecular formula is C24H23N3O3S. The molecule has 4 aromatic rings. The summed E-state index contributed by atoms with van der Waals surface area (Å²) in [7, 11) is 1.68. The van der Waals surface area contributed by atoms with E-state index >= 15 is 0 Å². The summed E-state index contributed by atoms with van der Waals surface area (Å²) in [5, 5.41) is 1.05. The van der Waals surface area contributed by atoms with Crippen LogP contribution in [0.5, 0.6) is 17.2 Å². The summed E-state index contributed by atoms with van der Waals surface area (Å²) in [6, 6.07) is 14.1. The average molecular weight is 434 g/mol. The van der Waals surface area contributed by atoms with Crippen molar-refractivity contribution in [3.63, 3.8) is 0 Å². The predicted octanol–water partition coefficient (Wildman–Crippen LogP) is 4.42. The maximum atomic E-state index is 6.03. The minimum atomic E-state index is 0.184. The third kappa shape index (κ3) is 3.94. The Morgan fingerprint density at radius 2 is 2.00 bits per heavy atom. The number of nitrogens with two attached hydrogens (primary N) is 1. The number of hydrogen-bond donors (Lipinski definition) is 1. The van der Waals surface area contributed by atoms with Crippen molar-refractivity contribution < 1.29 is 14.2 Å². The second-order valence-electron chi connectivity index (χ2n) is 7.43. The molecule has 5 rings (SSSR count). The number of pyridine rings is 1. The van der Waals surface area contributed by atoms with Crippen molar-refractivity contribution in [2.75, 3.05) is 26.9 Å². The largest absolute Gasteiger partial charge is 0.497 e. The van der Waals surface area contributed by atoms with Crippen molar-refractivity contribution in [3.05, 3.63) is 65.4 Å². The van der Waals surface area contributed by atoms with Crippen LogP contribution in [-0.4, -0.2) is 36.8 Å². The van der Waals surface area contributed by atoms with Crippen LogP contribution in [0.4, 0.5) is 0 Å². The van der Waals surface area contributed by atoms with Crippen LogP contribution in [0.15, 0.2) is 54.9 Å². The molecule has 0 radical (unpaired) electrons. The highest BCUT2D eigenvalue weighted by molar-refractivity contribution is 7.18. The fraction of sp³-hybridized carbons (Fsp3) is 0.250. The third-order valence-electron chi connectivity index (χ3n) is 5.39. The molecule has 1 aliphatic rings. The molecule has 158 valence electrons. The molecule has 31 heavy (non-hydrogen) atoms. The molecule has 0 saturated heterocycles. The van der Waals surface area contributed by atoms with E-state index in [1.807, 2.05) is 36.4 Å². The van der Waals surface area contributed by atoms with Crippen molar-refractivity contribution in [2.24, 2.45) is 5.73 Å². The summed E-state index contributed by atoms with van der Waals surface area (Å²) in [5.41, 5.74) is 9.87. The SMILES string of the molecule is COc1ccc2c(c1)CC(c1nc3c(OCCN)cc(-c4ccncc4)cc3s1)CO2. The fourth-order valence-corrected chi connectivity index (χ4v) is 4.95. The first kappa shape index (κ1) is 19.8. The highest BCUT2D eigenvalue weighted by atomic mass is 32.1. The number of methoxy groups -OCH3 is 1. The van der Waals surface area contributed by atoms with E-state index in [2.05, 4.69) is 11.1 Å². The van der Waals surface area contributed by atoms with Gasteiger partial charge in [-0.3, -0.25) is 4.98 Å². The second kappa shape index (κ2) is 8.53. The van der Waals surface area contributed by atoms with Crippen molar-refractivity contribution in [3.8, 4) is 28.4 Å². The number of thiazole rings is 1. The summed E-state index contributed by atoms with van der Waals surface area (Å²) in [6.45, 7) is 1.50. The van der Waals surface area contributed by atoms with E-state index in [-0.39, 0.29) is 5.92 Å². The van der Waals surface area contributed by atoms with Gasteiger partial charge in [0.2, 0.25) is 0 Å². The van der Waals surface area contributed by atoms with Gasteiger partial charge in [-0.25, -0.2) is 4.98 Å². The molecular weight excluding hydrogens is 410 g/mol. The Hall–Kier alpha value is -3.16. The molecule has 3 heterocycles. The van der Waals surface area contributed by atoms with Gasteiger partial charge in [-0.2, -0.15) is 0 Å². The van der Waals surface area contributed by atoms with E-state index in [0.29, 0.717) is 19.8 Å². The topological polar surface area (TPSA) is 79.5 Å². The van der Waals surface area contributed by atoms with Gasteiger partial charge >= 0.3 is 0 Å². The summed E-state index contributed by atoms with van der Waals surface area (Å²) >= 11 is 1.70. The van der Waals surface area contributed by atoms with E-state index in [1.165, 1.54) is 0 Å². The summed E-state index contributed by atoms with van der Waals surface area (Å²) in [6.07, 6.45) is 4.45. The van der Waals surface area contributed by atoms with Gasteiger partial charge < -0.3 is 19.9 Å². The van der Waals surface area contributed by atoms with Gasteiger partial charge in [-0.05, 0) is 65.6 Å². The zero-order chi connectivity index (χ0) is 21.2. The molecule has 0 spiro atoms. The summed E-state index contributed by atoms with van der Waals surface area (Å²) < 4.78 is 18.5. The lowest BCUT2D eigenvalue weighted by Gasteiger charge is -2.24. The van der Waals surface area contributed by atoms with Crippen LogP contribution in [0.2, 0.25) is 0 Å². The first-order valence-corrected chi connectivity index (χ1v) is 11.0. The Bertz CT molecular complexity index is 1210.